The van der Waals surface area contributed by atoms with Gasteiger partial charge in [0.05, 0.1) is 5.56 Å². The van der Waals surface area contributed by atoms with Crippen LogP contribution in [0, 0.1) is 0 Å². The largest absolute Gasteiger partial charge is 0.481 e. The van der Waals surface area contributed by atoms with E-state index in [0.717, 1.165) is 10.6 Å². The predicted molar refractivity (Wildman–Crippen MR) is 60.7 cm³/mol. The lowest BCUT2D eigenvalue weighted by atomic mass is 10.2. The van der Waals surface area contributed by atoms with Gasteiger partial charge in [-0.05, 0) is 12.1 Å². The van der Waals surface area contributed by atoms with Gasteiger partial charge in [-0.15, -0.1) is 11.3 Å². The molecule has 0 bridgehead atoms. The summed E-state index contributed by atoms with van der Waals surface area (Å²) in [4.78, 5) is 14.6. The fraction of sp³-hybridized carbons (Fsp3) is 0.0909. The summed E-state index contributed by atoms with van der Waals surface area (Å²) < 4.78 is 5.19. The van der Waals surface area contributed by atoms with Crippen LogP contribution in [0.4, 0.5) is 0 Å². The summed E-state index contributed by atoms with van der Waals surface area (Å²) >= 11 is 1.49. The average molecular weight is 235 g/mol. The van der Waals surface area contributed by atoms with Crippen LogP contribution < -0.4 is 4.74 Å². The lowest BCUT2D eigenvalue weighted by Crippen LogP contribution is -2.09. The molecule has 2 rings (SSSR count). The third-order valence-electron chi connectivity index (χ3n) is 1.90. The van der Waals surface area contributed by atoms with Crippen molar-refractivity contribution in [3.05, 3.63) is 35.8 Å². The Morgan fingerprint density at radius 2 is 2.25 bits per heavy atom. The first-order valence-corrected chi connectivity index (χ1v) is 5.49. The first kappa shape index (κ1) is 10.6. The number of nitrogens with zero attached hydrogens (tertiary/aromatic N) is 1. The minimum Gasteiger partial charge on any atom is -0.481 e. The number of aromatic nitrogens is 1. The summed E-state index contributed by atoms with van der Waals surface area (Å²) in [5, 5.41) is 11.2. The highest BCUT2D eigenvalue weighted by atomic mass is 32.1. The van der Waals surface area contributed by atoms with E-state index in [2.05, 4.69) is 4.98 Å². The van der Waals surface area contributed by atoms with E-state index in [1.54, 1.807) is 18.3 Å². The number of hydrogen-bond acceptors (Lipinski definition) is 4. The number of ether oxygens (including phenoxy) is 1. The van der Waals surface area contributed by atoms with Gasteiger partial charge in [0, 0.05) is 11.6 Å². The van der Waals surface area contributed by atoms with Crippen LogP contribution in [0.15, 0.2) is 35.8 Å². The Labute approximate surface area is 96.1 Å². The highest BCUT2D eigenvalue weighted by Gasteiger charge is 2.08. The number of carboxylic acid groups (broad SMARTS) is 1. The molecule has 0 saturated heterocycles. The molecule has 0 spiro atoms. The average Bonchev–Trinajstić information content (AvgIpc) is 2.80. The van der Waals surface area contributed by atoms with Gasteiger partial charge in [-0.1, -0.05) is 12.1 Å². The van der Waals surface area contributed by atoms with E-state index in [1.165, 1.54) is 11.3 Å². The molecule has 1 aromatic heterocycles. The van der Waals surface area contributed by atoms with Crippen LogP contribution in [0.1, 0.15) is 0 Å². The second-order valence-electron chi connectivity index (χ2n) is 3.02. The zero-order valence-electron chi connectivity index (χ0n) is 8.29. The summed E-state index contributed by atoms with van der Waals surface area (Å²) in [7, 11) is 0. The maximum atomic E-state index is 10.4. The molecule has 1 aromatic carbocycles. The highest BCUT2D eigenvalue weighted by Crippen LogP contribution is 2.30. The van der Waals surface area contributed by atoms with Crippen LogP contribution in [0.2, 0.25) is 0 Å². The van der Waals surface area contributed by atoms with E-state index in [1.807, 2.05) is 17.5 Å². The Morgan fingerprint density at radius 3 is 2.94 bits per heavy atom. The predicted octanol–water partition coefficient (Wildman–Crippen LogP) is 2.27. The summed E-state index contributed by atoms with van der Waals surface area (Å²) in [5.74, 6) is -0.450. The molecule has 2 aromatic rings. The van der Waals surface area contributed by atoms with Gasteiger partial charge in [0.2, 0.25) is 0 Å². The van der Waals surface area contributed by atoms with Gasteiger partial charge in [0.1, 0.15) is 10.8 Å². The van der Waals surface area contributed by atoms with Crippen LogP contribution in [-0.4, -0.2) is 22.7 Å². The molecule has 16 heavy (non-hydrogen) atoms. The number of thiazole rings is 1. The molecular weight excluding hydrogens is 226 g/mol. The van der Waals surface area contributed by atoms with Gasteiger partial charge in [0.25, 0.3) is 0 Å². The monoisotopic (exact) mass is 235 g/mol. The Bertz CT molecular complexity index is 482. The number of carboxylic acids is 1. The molecule has 5 heteroatoms. The second kappa shape index (κ2) is 4.76. The maximum Gasteiger partial charge on any atom is 0.341 e. The lowest BCUT2D eigenvalue weighted by molar-refractivity contribution is -0.139. The fourth-order valence-corrected chi connectivity index (χ4v) is 1.93. The number of hydrogen-bond donors (Lipinski definition) is 1. The molecule has 1 N–H and O–H groups in total. The zero-order valence-corrected chi connectivity index (χ0v) is 9.11. The summed E-state index contributed by atoms with van der Waals surface area (Å²) in [6.45, 7) is -0.345. The van der Waals surface area contributed by atoms with E-state index >= 15 is 0 Å². The summed E-state index contributed by atoms with van der Waals surface area (Å²) in [6, 6.07) is 7.26. The number of benzene rings is 1. The van der Waals surface area contributed by atoms with Crippen LogP contribution in [0.3, 0.4) is 0 Å². The highest BCUT2D eigenvalue weighted by molar-refractivity contribution is 7.13. The van der Waals surface area contributed by atoms with Crippen LogP contribution in [0.5, 0.6) is 5.75 Å². The smallest absolute Gasteiger partial charge is 0.341 e. The van der Waals surface area contributed by atoms with Crippen molar-refractivity contribution in [3.63, 3.8) is 0 Å². The van der Waals surface area contributed by atoms with Gasteiger partial charge >= 0.3 is 5.97 Å². The Hall–Kier alpha value is -1.88. The minimum atomic E-state index is -0.992. The van der Waals surface area contributed by atoms with Gasteiger partial charge in [-0.3, -0.25) is 0 Å². The molecule has 0 aliphatic rings. The van der Waals surface area contributed by atoms with Crippen molar-refractivity contribution in [3.8, 4) is 16.3 Å². The molecule has 0 aliphatic carbocycles. The molecule has 4 nitrogen and oxygen atoms in total. The van der Waals surface area contributed by atoms with E-state index in [4.69, 9.17) is 9.84 Å². The van der Waals surface area contributed by atoms with Crippen LogP contribution >= 0.6 is 11.3 Å². The lowest BCUT2D eigenvalue weighted by Gasteiger charge is -2.07. The van der Waals surface area contributed by atoms with E-state index < -0.39 is 5.97 Å². The molecule has 0 amide bonds. The third kappa shape index (κ3) is 2.38. The van der Waals surface area contributed by atoms with E-state index in [9.17, 15) is 4.79 Å². The SMILES string of the molecule is O=C(O)COc1ccccc1-c1nccs1. The maximum absolute atomic E-state index is 10.4. The van der Waals surface area contributed by atoms with Crippen LogP contribution in [0.25, 0.3) is 10.6 Å². The Balaban J connectivity index is 2.27. The van der Waals surface area contributed by atoms with Crippen molar-refractivity contribution in [2.24, 2.45) is 0 Å². The number of carbonyl (C=O) groups is 1. The van der Waals surface area contributed by atoms with Crippen molar-refractivity contribution in [1.82, 2.24) is 4.98 Å². The summed E-state index contributed by atoms with van der Waals surface area (Å²) in [5.41, 5.74) is 0.818. The van der Waals surface area contributed by atoms with Gasteiger partial charge < -0.3 is 9.84 Å². The minimum absolute atomic E-state index is 0.345. The second-order valence-corrected chi connectivity index (χ2v) is 3.91. The molecule has 0 fully saturated rings. The Kier molecular flexibility index (Phi) is 3.16. The topological polar surface area (TPSA) is 59.4 Å². The third-order valence-corrected chi connectivity index (χ3v) is 2.71. The molecule has 0 aliphatic heterocycles. The van der Waals surface area contributed by atoms with Crippen molar-refractivity contribution >= 4 is 17.3 Å². The first-order chi connectivity index (χ1) is 7.77. The number of rotatable bonds is 4. The van der Waals surface area contributed by atoms with Crippen LogP contribution in [-0.2, 0) is 4.79 Å². The van der Waals surface area contributed by atoms with Crippen molar-refractivity contribution in [2.45, 2.75) is 0 Å². The quantitative estimate of drug-likeness (QED) is 0.883. The van der Waals surface area contributed by atoms with Gasteiger partial charge in [-0.2, -0.15) is 0 Å². The summed E-state index contributed by atoms with van der Waals surface area (Å²) in [6.07, 6.45) is 1.70. The standard InChI is InChI=1S/C11H9NO3S/c13-10(14)7-15-9-4-2-1-3-8(9)11-12-5-6-16-11/h1-6H,7H2,(H,13,14). The van der Waals surface area contributed by atoms with Crippen molar-refractivity contribution in [1.29, 1.82) is 0 Å². The molecule has 0 atom stereocenters. The fourth-order valence-electron chi connectivity index (χ4n) is 1.27. The molecule has 0 saturated carbocycles. The van der Waals surface area contributed by atoms with E-state index in [0.29, 0.717) is 5.75 Å². The van der Waals surface area contributed by atoms with E-state index in [-0.39, 0.29) is 6.61 Å². The van der Waals surface area contributed by atoms with Crippen molar-refractivity contribution in [2.75, 3.05) is 6.61 Å². The Morgan fingerprint density at radius 1 is 1.44 bits per heavy atom. The molecule has 1 heterocycles. The van der Waals surface area contributed by atoms with Crippen molar-refractivity contribution < 1.29 is 14.6 Å². The number of aliphatic carboxylic acids is 1. The zero-order chi connectivity index (χ0) is 11.4. The molecular formula is C11H9NO3S. The normalized spacial score (nSPS) is 10.0. The molecule has 0 unspecified atom stereocenters. The first-order valence-electron chi connectivity index (χ1n) is 4.61. The number of para-hydroxylation sites is 1. The van der Waals surface area contributed by atoms with Gasteiger partial charge in [-0.25, -0.2) is 9.78 Å². The molecule has 0 radical (unpaired) electrons. The van der Waals surface area contributed by atoms with Gasteiger partial charge in [0.15, 0.2) is 6.61 Å². The molecule has 82 valence electrons.